The quantitative estimate of drug-likeness (QED) is 0.802. The van der Waals surface area contributed by atoms with Gasteiger partial charge in [-0.2, -0.15) is 27.9 Å². The smallest absolute Gasteiger partial charge is 0.198 e. The molecule has 0 amide bonds. The summed E-state index contributed by atoms with van der Waals surface area (Å²) in [5.41, 5.74) is 13.3. The van der Waals surface area contributed by atoms with Gasteiger partial charge in [0.15, 0.2) is 0 Å². The van der Waals surface area contributed by atoms with Gasteiger partial charge in [0.2, 0.25) is 0 Å². The standard InChI is InChI=1S/C7H8N4O4S2/c1-5-2-3-6(16(12,13)10-8)4-7(5)17(14,15)11-9/h2-4,8-9H,1H3. The van der Waals surface area contributed by atoms with E-state index in [2.05, 4.69) is 9.04 Å². The highest BCUT2D eigenvalue weighted by Gasteiger charge is 2.20. The van der Waals surface area contributed by atoms with Crippen LogP contribution < -0.4 is 0 Å². The first kappa shape index (κ1) is 13.4. The summed E-state index contributed by atoms with van der Waals surface area (Å²) >= 11 is 0. The number of nitrogens with one attached hydrogen (secondary N) is 2. The highest BCUT2D eigenvalue weighted by atomic mass is 32.2. The largest absolute Gasteiger partial charge is 0.299 e. The van der Waals surface area contributed by atoms with Crippen molar-refractivity contribution in [1.29, 1.82) is 11.1 Å². The first-order valence-corrected chi connectivity index (χ1v) is 7.01. The first-order chi connectivity index (χ1) is 7.74. The molecule has 1 aromatic carbocycles. The highest BCUT2D eigenvalue weighted by molar-refractivity contribution is 7.90. The van der Waals surface area contributed by atoms with Crippen LogP contribution >= 0.6 is 0 Å². The normalized spacial score (nSPS) is 12.1. The second-order valence-electron chi connectivity index (χ2n) is 3.06. The Kier molecular flexibility index (Phi) is 3.38. The van der Waals surface area contributed by atoms with Crippen LogP contribution in [0, 0.1) is 18.0 Å². The van der Waals surface area contributed by atoms with Crippen molar-refractivity contribution in [3.63, 3.8) is 0 Å². The molecule has 0 heterocycles. The zero-order chi connectivity index (χ0) is 13.3. The van der Waals surface area contributed by atoms with Crippen LogP contribution in [0.25, 0.3) is 0 Å². The molecule has 0 aliphatic carbocycles. The summed E-state index contributed by atoms with van der Waals surface area (Å²) < 4.78 is 50.1. The Morgan fingerprint density at radius 2 is 1.53 bits per heavy atom. The second kappa shape index (κ2) is 4.30. The number of benzene rings is 1. The Labute approximate surface area is 97.8 Å². The molecule has 1 rings (SSSR count). The summed E-state index contributed by atoms with van der Waals surface area (Å²) in [7, 11) is -8.38. The Morgan fingerprint density at radius 1 is 1.00 bits per heavy atom. The molecule has 0 spiro atoms. The van der Waals surface area contributed by atoms with Crippen molar-refractivity contribution in [3.8, 4) is 0 Å². The van der Waals surface area contributed by atoms with E-state index in [1.54, 1.807) is 0 Å². The van der Waals surface area contributed by atoms with Gasteiger partial charge < -0.3 is 0 Å². The van der Waals surface area contributed by atoms with Gasteiger partial charge in [0.1, 0.15) is 0 Å². The molecule has 0 saturated carbocycles. The molecule has 17 heavy (non-hydrogen) atoms. The van der Waals surface area contributed by atoms with Gasteiger partial charge in [0, 0.05) is 0 Å². The predicted molar refractivity (Wildman–Crippen MR) is 55.8 cm³/mol. The van der Waals surface area contributed by atoms with E-state index < -0.39 is 29.8 Å². The summed E-state index contributed by atoms with van der Waals surface area (Å²) in [6.07, 6.45) is 0. The van der Waals surface area contributed by atoms with Gasteiger partial charge in [-0.05, 0) is 24.6 Å². The van der Waals surface area contributed by atoms with E-state index in [1.807, 2.05) is 0 Å². The summed E-state index contributed by atoms with van der Waals surface area (Å²) in [6, 6.07) is 3.21. The predicted octanol–water partition coefficient (Wildman–Crippen LogP) is 1.43. The Bertz CT molecular complexity index is 678. The maximum absolute atomic E-state index is 11.4. The maximum atomic E-state index is 11.4. The molecule has 10 heteroatoms. The molecule has 0 saturated heterocycles. The van der Waals surface area contributed by atoms with Crippen LogP contribution in [0.5, 0.6) is 0 Å². The molecule has 0 fully saturated rings. The Hall–Kier alpha value is -1.68. The van der Waals surface area contributed by atoms with E-state index in [1.165, 1.54) is 13.0 Å². The number of rotatable bonds is 4. The van der Waals surface area contributed by atoms with E-state index in [-0.39, 0.29) is 5.56 Å². The average Bonchev–Trinajstić information content (AvgIpc) is 2.29. The molecule has 0 aliphatic rings. The lowest BCUT2D eigenvalue weighted by molar-refractivity contribution is 0.591. The van der Waals surface area contributed by atoms with Gasteiger partial charge in [-0.15, -0.1) is 0 Å². The summed E-state index contributed by atoms with van der Waals surface area (Å²) in [5.74, 6) is 0. The summed E-state index contributed by atoms with van der Waals surface area (Å²) in [6.45, 7) is 1.44. The van der Waals surface area contributed by atoms with Crippen LogP contribution in [0.3, 0.4) is 0 Å². The average molecular weight is 276 g/mol. The van der Waals surface area contributed by atoms with E-state index in [0.29, 0.717) is 0 Å². The number of hydrogen-bond acceptors (Lipinski definition) is 6. The number of aryl methyl sites for hydroxylation is 1. The highest BCUT2D eigenvalue weighted by Crippen LogP contribution is 2.22. The monoisotopic (exact) mass is 276 g/mol. The molecule has 1 aromatic rings. The van der Waals surface area contributed by atoms with Crippen LogP contribution in [0.2, 0.25) is 0 Å². The van der Waals surface area contributed by atoms with Crippen molar-refractivity contribution in [3.05, 3.63) is 23.8 Å². The molecule has 0 unspecified atom stereocenters. The number of nitrogens with zero attached hydrogens (tertiary/aromatic N) is 2. The molecular formula is C7H8N4O4S2. The second-order valence-corrected chi connectivity index (χ2v) is 6.24. The molecule has 0 aliphatic heterocycles. The van der Waals surface area contributed by atoms with Crippen LogP contribution in [0.15, 0.2) is 37.0 Å². The topological polar surface area (TPSA) is 141 Å². The van der Waals surface area contributed by atoms with Crippen molar-refractivity contribution < 1.29 is 16.8 Å². The Morgan fingerprint density at radius 3 is 2.00 bits per heavy atom. The zero-order valence-corrected chi connectivity index (χ0v) is 10.2. The van der Waals surface area contributed by atoms with Gasteiger partial charge in [-0.3, -0.25) is 0 Å². The lowest BCUT2D eigenvalue weighted by atomic mass is 10.2. The lowest BCUT2D eigenvalue weighted by Crippen LogP contribution is -2.02. The van der Waals surface area contributed by atoms with Gasteiger partial charge >= 0.3 is 0 Å². The molecular weight excluding hydrogens is 268 g/mol. The van der Waals surface area contributed by atoms with Gasteiger partial charge in [0.25, 0.3) is 20.0 Å². The van der Waals surface area contributed by atoms with Crippen LogP contribution in [0.4, 0.5) is 0 Å². The minimum absolute atomic E-state index is 0.255. The minimum atomic E-state index is -4.20. The van der Waals surface area contributed by atoms with Crippen molar-refractivity contribution in [2.24, 2.45) is 9.04 Å². The third kappa shape index (κ3) is 2.53. The summed E-state index contributed by atoms with van der Waals surface area (Å²) in [5, 5.41) is 0. The van der Waals surface area contributed by atoms with Crippen molar-refractivity contribution in [1.82, 2.24) is 0 Å². The fraction of sp³-hybridized carbons (Fsp3) is 0.143. The molecule has 0 aromatic heterocycles. The van der Waals surface area contributed by atoms with E-state index in [9.17, 15) is 16.8 Å². The third-order valence-electron chi connectivity index (χ3n) is 1.98. The van der Waals surface area contributed by atoms with E-state index in [4.69, 9.17) is 11.1 Å². The molecule has 0 bridgehead atoms. The van der Waals surface area contributed by atoms with E-state index in [0.717, 1.165) is 12.1 Å². The number of sulfonamides is 2. The van der Waals surface area contributed by atoms with Crippen LogP contribution in [-0.4, -0.2) is 16.8 Å². The first-order valence-electron chi connectivity index (χ1n) is 4.13. The third-order valence-corrected chi connectivity index (χ3v) is 4.30. The van der Waals surface area contributed by atoms with Crippen molar-refractivity contribution >= 4 is 20.0 Å². The van der Waals surface area contributed by atoms with Crippen LogP contribution in [0.1, 0.15) is 5.56 Å². The fourth-order valence-electron chi connectivity index (χ4n) is 1.12. The van der Waals surface area contributed by atoms with Gasteiger partial charge in [-0.1, -0.05) is 15.1 Å². The molecule has 0 atom stereocenters. The SMILES string of the molecule is Cc1ccc(S(=O)(=O)N=N)cc1S(=O)(=O)N=N. The molecule has 0 radical (unpaired) electrons. The van der Waals surface area contributed by atoms with Crippen molar-refractivity contribution in [2.45, 2.75) is 16.7 Å². The van der Waals surface area contributed by atoms with E-state index >= 15 is 0 Å². The lowest BCUT2D eigenvalue weighted by Gasteiger charge is -2.04. The maximum Gasteiger partial charge on any atom is 0.299 e. The minimum Gasteiger partial charge on any atom is -0.198 e. The molecule has 2 N–H and O–H groups in total. The van der Waals surface area contributed by atoms with Gasteiger partial charge in [0.05, 0.1) is 9.79 Å². The fourth-order valence-corrected chi connectivity index (χ4v) is 2.66. The van der Waals surface area contributed by atoms with Gasteiger partial charge in [-0.25, -0.2) is 0 Å². The zero-order valence-electron chi connectivity index (χ0n) is 8.58. The molecule has 92 valence electrons. The van der Waals surface area contributed by atoms with Crippen molar-refractivity contribution in [2.75, 3.05) is 0 Å². The summed E-state index contributed by atoms with van der Waals surface area (Å²) in [4.78, 5) is -0.822. The van der Waals surface area contributed by atoms with Crippen LogP contribution in [-0.2, 0) is 20.0 Å². The Balaban J connectivity index is 3.62. The number of hydrogen-bond donors (Lipinski definition) is 2. The molecule has 8 nitrogen and oxygen atoms in total.